The van der Waals surface area contributed by atoms with E-state index in [9.17, 15) is 0 Å². The van der Waals surface area contributed by atoms with Gasteiger partial charge in [0.05, 0.1) is 22.4 Å². The molecule has 0 aliphatic heterocycles. The Hall–Kier alpha value is -6.00. The smallest absolute Gasteiger partial charge is 0.160 e. The fourth-order valence-electron chi connectivity index (χ4n) is 6.33. The van der Waals surface area contributed by atoms with Crippen molar-refractivity contribution in [3.63, 3.8) is 0 Å². The van der Waals surface area contributed by atoms with Crippen LogP contribution in [0, 0.1) is 0 Å². The Morgan fingerprint density at radius 1 is 0.409 bits per heavy atom. The summed E-state index contributed by atoms with van der Waals surface area (Å²) in [6.45, 7) is 0. The Morgan fingerprint density at radius 2 is 0.932 bits per heavy atom. The lowest BCUT2D eigenvalue weighted by molar-refractivity contribution is 0.669. The molecule has 0 fully saturated rings. The van der Waals surface area contributed by atoms with Gasteiger partial charge in [0.2, 0.25) is 0 Å². The van der Waals surface area contributed by atoms with E-state index in [4.69, 9.17) is 14.4 Å². The first-order valence-corrected chi connectivity index (χ1v) is 14.8. The van der Waals surface area contributed by atoms with Crippen LogP contribution in [-0.4, -0.2) is 14.5 Å². The molecule has 0 aliphatic rings. The molecule has 0 saturated heterocycles. The molecule has 0 bridgehead atoms. The first kappa shape index (κ1) is 24.6. The zero-order valence-electron chi connectivity index (χ0n) is 23.7. The number of hydrogen-bond donors (Lipinski definition) is 0. The van der Waals surface area contributed by atoms with Crippen LogP contribution in [0.25, 0.3) is 83.3 Å². The standard InChI is InChI=1S/C40H25N3O/c1-3-11-26(12-4-1)34-25-35(27-13-5-2-6-14-27)42-40(41-34)28-19-21-38-32(23-28)33-24-29(20-22-39(33)44-38)43-36-17-9-7-15-30(36)31-16-8-10-18-37(31)43/h1-25H. The molecule has 3 aromatic heterocycles. The van der Waals surface area contributed by atoms with Crippen molar-refractivity contribution < 1.29 is 4.42 Å². The summed E-state index contributed by atoms with van der Waals surface area (Å²) in [5.41, 5.74) is 9.98. The fourth-order valence-corrected chi connectivity index (χ4v) is 6.33. The van der Waals surface area contributed by atoms with Crippen LogP contribution in [0.15, 0.2) is 156 Å². The molecule has 4 nitrogen and oxygen atoms in total. The maximum absolute atomic E-state index is 6.33. The van der Waals surface area contributed by atoms with E-state index >= 15 is 0 Å². The predicted molar refractivity (Wildman–Crippen MR) is 180 cm³/mol. The van der Waals surface area contributed by atoms with Crippen molar-refractivity contribution in [3.05, 3.63) is 152 Å². The van der Waals surface area contributed by atoms with Crippen molar-refractivity contribution in [2.75, 3.05) is 0 Å². The maximum Gasteiger partial charge on any atom is 0.160 e. The van der Waals surface area contributed by atoms with Crippen molar-refractivity contribution >= 4 is 43.7 Å². The normalized spacial score (nSPS) is 11.6. The van der Waals surface area contributed by atoms with Gasteiger partial charge in [0, 0.05) is 43.9 Å². The van der Waals surface area contributed by atoms with Crippen LogP contribution < -0.4 is 0 Å². The molecule has 0 spiro atoms. The van der Waals surface area contributed by atoms with Gasteiger partial charge in [0.1, 0.15) is 11.2 Å². The van der Waals surface area contributed by atoms with E-state index in [0.717, 1.165) is 55.7 Å². The van der Waals surface area contributed by atoms with Gasteiger partial charge in [-0.3, -0.25) is 0 Å². The summed E-state index contributed by atoms with van der Waals surface area (Å²) in [6, 6.07) is 52.5. The molecule has 0 aliphatic carbocycles. The Morgan fingerprint density at radius 3 is 1.55 bits per heavy atom. The van der Waals surface area contributed by atoms with Crippen molar-refractivity contribution in [2.24, 2.45) is 0 Å². The fraction of sp³-hybridized carbons (Fsp3) is 0. The molecule has 6 aromatic carbocycles. The summed E-state index contributed by atoms with van der Waals surface area (Å²) in [4.78, 5) is 10.1. The molecule has 44 heavy (non-hydrogen) atoms. The second-order valence-corrected chi connectivity index (χ2v) is 11.1. The van der Waals surface area contributed by atoms with Crippen LogP contribution in [0.5, 0.6) is 0 Å². The Balaban J connectivity index is 1.24. The Labute approximate surface area is 253 Å². The number of hydrogen-bond acceptors (Lipinski definition) is 3. The van der Waals surface area contributed by atoms with Gasteiger partial charge in [0.25, 0.3) is 0 Å². The Kier molecular flexibility index (Phi) is 5.47. The van der Waals surface area contributed by atoms with E-state index in [1.807, 2.05) is 42.5 Å². The summed E-state index contributed by atoms with van der Waals surface area (Å²) in [6.07, 6.45) is 0. The highest BCUT2D eigenvalue weighted by Crippen LogP contribution is 2.37. The molecule has 9 aromatic rings. The highest BCUT2D eigenvalue weighted by molar-refractivity contribution is 6.10. The van der Waals surface area contributed by atoms with Crippen LogP contribution >= 0.6 is 0 Å². The highest BCUT2D eigenvalue weighted by Gasteiger charge is 2.16. The van der Waals surface area contributed by atoms with Gasteiger partial charge in [0.15, 0.2) is 5.82 Å². The number of para-hydroxylation sites is 2. The first-order chi connectivity index (χ1) is 21.8. The molecule has 206 valence electrons. The average molecular weight is 564 g/mol. The predicted octanol–water partition coefficient (Wildman–Crippen LogP) is 10.5. The number of aromatic nitrogens is 3. The van der Waals surface area contributed by atoms with Gasteiger partial charge in [-0.25, -0.2) is 9.97 Å². The molecular weight excluding hydrogens is 538 g/mol. The second kappa shape index (κ2) is 9.79. The molecule has 0 radical (unpaired) electrons. The van der Waals surface area contributed by atoms with Crippen LogP contribution in [0.2, 0.25) is 0 Å². The lowest BCUT2D eigenvalue weighted by Crippen LogP contribution is -1.95. The van der Waals surface area contributed by atoms with E-state index in [1.165, 1.54) is 21.8 Å². The number of rotatable bonds is 4. The second-order valence-electron chi connectivity index (χ2n) is 11.1. The van der Waals surface area contributed by atoms with Gasteiger partial charge < -0.3 is 8.98 Å². The first-order valence-electron chi connectivity index (χ1n) is 14.8. The van der Waals surface area contributed by atoms with E-state index < -0.39 is 0 Å². The zero-order chi connectivity index (χ0) is 29.0. The molecule has 0 unspecified atom stereocenters. The summed E-state index contributed by atoms with van der Waals surface area (Å²) >= 11 is 0. The van der Waals surface area contributed by atoms with Gasteiger partial charge in [-0.1, -0.05) is 97.1 Å². The molecule has 4 heteroatoms. The minimum atomic E-state index is 0.681. The number of furan rings is 1. The topological polar surface area (TPSA) is 43.9 Å². The van der Waals surface area contributed by atoms with Gasteiger partial charge in [-0.05, 0) is 54.6 Å². The number of nitrogens with zero attached hydrogens (tertiary/aromatic N) is 3. The van der Waals surface area contributed by atoms with Crippen LogP contribution in [0.3, 0.4) is 0 Å². The van der Waals surface area contributed by atoms with Gasteiger partial charge in [-0.15, -0.1) is 0 Å². The van der Waals surface area contributed by atoms with Crippen molar-refractivity contribution in [1.29, 1.82) is 0 Å². The minimum Gasteiger partial charge on any atom is -0.456 e. The summed E-state index contributed by atoms with van der Waals surface area (Å²) in [5, 5.41) is 4.58. The molecule has 9 rings (SSSR count). The highest BCUT2D eigenvalue weighted by atomic mass is 16.3. The molecule has 0 saturated carbocycles. The summed E-state index contributed by atoms with van der Waals surface area (Å²) < 4.78 is 8.67. The van der Waals surface area contributed by atoms with Crippen LogP contribution in [-0.2, 0) is 0 Å². The molecule has 0 N–H and O–H groups in total. The maximum atomic E-state index is 6.33. The van der Waals surface area contributed by atoms with Gasteiger partial charge >= 0.3 is 0 Å². The lowest BCUT2D eigenvalue weighted by atomic mass is 10.1. The number of benzene rings is 6. The molecule has 0 atom stereocenters. The lowest BCUT2D eigenvalue weighted by Gasteiger charge is -2.09. The van der Waals surface area contributed by atoms with Crippen molar-refractivity contribution in [1.82, 2.24) is 14.5 Å². The average Bonchev–Trinajstić information content (AvgIpc) is 3.64. The molecule has 3 heterocycles. The number of fused-ring (bicyclic) bond motifs is 6. The SMILES string of the molecule is c1ccc(-c2cc(-c3ccccc3)nc(-c3ccc4oc5ccc(-n6c7ccccc7c7ccccc76)cc5c4c3)n2)cc1. The van der Waals surface area contributed by atoms with Crippen LogP contribution in [0.1, 0.15) is 0 Å². The summed E-state index contributed by atoms with van der Waals surface area (Å²) in [5.74, 6) is 0.681. The van der Waals surface area contributed by atoms with E-state index in [2.05, 4.69) is 114 Å². The third-order valence-electron chi connectivity index (χ3n) is 8.41. The third-order valence-corrected chi connectivity index (χ3v) is 8.41. The monoisotopic (exact) mass is 563 g/mol. The third kappa shape index (κ3) is 3.92. The van der Waals surface area contributed by atoms with Crippen molar-refractivity contribution in [2.45, 2.75) is 0 Å². The van der Waals surface area contributed by atoms with Crippen LogP contribution in [0.4, 0.5) is 0 Å². The van der Waals surface area contributed by atoms with E-state index in [-0.39, 0.29) is 0 Å². The largest absolute Gasteiger partial charge is 0.456 e. The molecule has 0 amide bonds. The van der Waals surface area contributed by atoms with Crippen molar-refractivity contribution in [3.8, 4) is 39.6 Å². The summed E-state index contributed by atoms with van der Waals surface area (Å²) in [7, 11) is 0. The van der Waals surface area contributed by atoms with E-state index in [1.54, 1.807) is 0 Å². The molecular formula is C40H25N3O. The van der Waals surface area contributed by atoms with Gasteiger partial charge in [-0.2, -0.15) is 0 Å². The zero-order valence-corrected chi connectivity index (χ0v) is 23.7. The minimum absolute atomic E-state index is 0.681. The van der Waals surface area contributed by atoms with E-state index in [0.29, 0.717) is 5.82 Å². The Bertz CT molecular complexity index is 2380. The quantitative estimate of drug-likeness (QED) is 0.214.